The number of primary amides is 1. The maximum atomic E-state index is 13.9. The number of nitrogens with zero attached hydrogens (tertiary/aromatic N) is 1. The van der Waals surface area contributed by atoms with Crippen molar-refractivity contribution in [3.63, 3.8) is 0 Å². The van der Waals surface area contributed by atoms with Gasteiger partial charge in [0.05, 0.1) is 0 Å². The highest BCUT2D eigenvalue weighted by Crippen LogP contribution is 2.29. The molecule has 1 aromatic rings. The average Bonchev–Trinajstić information content (AvgIpc) is 3.07. The van der Waals surface area contributed by atoms with Gasteiger partial charge >= 0.3 is 5.97 Å². The highest BCUT2D eigenvalue weighted by atomic mass is 16.4. The van der Waals surface area contributed by atoms with Gasteiger partial charge in [-0.2, -0.15) is 0 Å². The first-order valence-corrected chi connectivity index (χ1v) is 17.6. The molecule has 1 aliphatic carbocycles. The molecular weight excluding hydrogens is 660 g/mol. The molecule has 6 amide bonds. The molecule has 2 rings (SSSR count). The SMILES string of the molecule is CC(=O)NC(CCC(N)=O)C(=O)N(C)[C@@H](CC1CCCCC1)C(=O)NC(CC=O)C(=O)N[C@@H](CC(C)C)C(=O)NC(Cc1ccccc1)C(=O)O. The van der Waals surface area contributed by atoms with Crippen LogP contribution in [0.25, 0.3) is 0 Å². The number of benzene rings is 1. The largest absolute Gasteiger partial charge is 0.480 e. The van der Waals surface area contributed by atoms with Crippen LogP contribution in [-0.4, -0.2) is 95.0 Å². The van der Waals surface area contributed by atoms with Crippen molar-refractivity contribution in [2.75, 3.05) is 7.05 Å². The third-order valence-corrected chi connectivity index (χ3v) is 8.96. The fourth-order valence-corrected chi connectivity index (χ4v) is 6.26. The Balaban J connectivity index is 2.30. The number of rotatable bonds is 21. The quantitative estimate of drug-likeness (QED) is 0.0995. The summed E-state index contributed by atoms with van der Waals surface area (Å²) in [5, 5.41) is 20.0. The number of aliphatic carboxylic acids is 1. The molecule has 0 aromatic heterocycles. The van der Waals surface area contributed by atoms with Gasteiger partial charge in [-0.3, -0.25) is 28.8 Å². The molecule has 15 nitrogen and oxygen atoms in total. The Bertz CT molecular complexity index is 1370. The second-order valence-corrected chi connectivity index (χ2v) is 13.7. The molecule has 7 N–H and O–H groups in total. The van der Waals surface area contributed by atoms with Gasteiger partial charge < -0.3 is 41.8 Å². The molecule has 3 unspecified atom stereocenters. The van der Waals surface area contributed by atoms with Crippen LogP contribution in [0.4, 0.5) is 0 Å². The van der Waals surface area contributed by atoms with Crippen molar-refractivity contribution in [2.24, 2.45) is 17.6 Å². The van der Waals surface area contributed by atoms with Crippen molar-refractivity contribution in [3.05, 3.63) is 35.9 Å². The van der Waals surface area contributed by atoms with Crippen molar-refractivity contribution < 1.29 is 43.5 Å². The Labute approximate surface area is 299 Å². The van der Waals surface area contributed by atoms with Crippen LogP contribution in [0.1, 0.15) is 90.5 Å². The Morgan fingerprint density at radius 3 is 2.00 bits per heavy atom. The molecule has 0 bridgehead atoms. The highest BCUT2D eigenvalue weighted by Gasteiger charge is 2.36. The number of carbonyl (C=O) groups excluding carboxylic acids is 7. The number of likely N-dealkylation sites (N-methyl/N-ethyl adjacent to an activating group) is 1. The number of nitrogens with two attached hydrogens (primary N) is 1. The van der Waals surface area contributed by atoms with Crippen LogP contribution in [0.15, 0.2) is 30.3 Å². The Morgan fingerprint density at radius 2 is 1.45 bits per heavy atom. The maximum Gasteiger partial charge on any atom is 0.326 e. The zero-order valence-electron chi connectivity index (χ0n) is 30.0. The summed E-state index contributed by atoms with van der Waals surface area (Å²) in [6, 6.07) is 2.61. The van der Waals surface area contributed by atoms with E-state index in [4.69, 9.17) is 5.73 Å². The van der Waals surface area contributed by atoms with E-state index in [0.717, 1.165) is 32.1 Å². The van der Waals surface area contributed by atoms with E-state index >= 15 is 0 Å². The first-order valence-electron chi connectivity index (χ1n) is 17.6. The van der Waals surface area contributed by atoms with Gasteiger partial charge in [0, 0.05) is 33.2 Å². The summed E-state index contributed by atoms with van der Waals surface area (Å²) in [4.78, 5) is 103. The van der Waals surface area contributed by atoms with Gasteiger partial charge in [-0.15, -0.1) is 0 Å². The van der Waals surface area contributed by atoms with Crippen molar-refractivity contribution in [1.82, 2.24) is 26.2 Å². The summed E-state index contributed by atoms with van der Waals surface area (Å²) < 4.78 is 0. The third kappa shape index (κ3) is 14.9. The molecule has 1 aromatic carbocycles. The molecule has 1 fully saturated rings. The highest BCUT2D eigenvalue weighted by molar-refractivity contribution is 5.96. The lowest BCUT2D eigenvalue weighted by Gasteiger charge is -2.34. The van der Waals surface area contributed by atoms with E-state index in [1.165, 1.54) is 18.9 Å². The number of carbonyl (C=O) groups is 8. The molecule has 5 atom stereocenters. The molecule has 51 heavy (non-hydrogen) atoms. The lowest BCUT2D eigenvalue weighted by molar-refractivity contribution is -0.143. The minimum atomic E-state index is -1.42. The van der Waals surface area contributed by atoms with Gasteiger partial charge in [0.2, 0.25) is 35.4 Å². The first-order chi connectivity index (χ1) is 24.1. The monoisotopic (exact) mass is 714 g/mol. The average molecular weight is 715 g/mol. The topological polar surface area (TPSA) is 234 Å². The molecule has 0 heterocycles. The molecule has 15 heteroatoms. The van der Waals surface area contributed by atoms with Crippen LogP contribution in [0.3, 0.4) is 0 Å². The summed E-state index contributed by atoms with van der Waals surface area (Å²) >= 11 is 0. The van der Waals surface area contributed by atoms with E-state index in [1.54, 1.807) is 30.3 Å². The number of carboxylic acids is 1. The normalized spacial score (nSPS) is 16.0. The number of nitrogens with one attached hydrogen (secondary N) is 4. The molecule has 0 spiro atoms. The van der Waals surface area contributed by atoms with Gasteiger partial charge in [-0.1, -0.05) is 76.3 Å². The molecule has 1 aliphatic rings. The minimum Gasteiger partial charge on any atom is -0.480 e. The van der Waals surface area contributed by atoms with Crippen molar-refractivity contribution in [3.8, 4) is 0 Å². The second-order valence-electron chi connectivity index (χ2n) is 13.7. The summed E-state index contributed by atoms with van der Waals surface area (Å²) in [5.41, 5.74) is 5.97. The number of aldehydes is 1. The summed E-state index contributed by atoms with van der Waals surface area (Å²) in [6.45, 7) is 4.85. The van der Waals surface area contributed by atoms with Crippen molar-refractivity contribution in [1.29, 1.82) is 0 Å². The summed E-state index contributed by atoms with van der Waals surface area (Å²) in [6.07, 6.45) is 4.74. The van der Waals surface area contributed by atoms with Crippen LogP contribution in [0.2, 0.25) is 0 Å². The van der Waals surface area contributed by atoms with E-state index in [-0.39, 0.29) is 43.9 Å². The smallest absolute Gasteiger partial charge is 0.326 e. The van der Waals surface area contributed by atoms with Crippen LogP contribution in [0.5, 0.6) is 0 Å². The van der Waals surface area contributed by atoms with Crippen molar-refractivity contribution >= 4 is 47.7 Å². The number of hydrogen-bond donors (Lipinski definition) is 6. The van der Waals surface area contributed by atoms with Crippen LogP contribution in [0, 0.1) is 11.8 Å². The van der Waals surface area contributed by atoms with E-state index in [9.17, 15) is 43.5 Å². The Hall–Kier alpha value is -4.82. The Morgan fingerprint density at radius 1 is 0.863 bits per heavy atom. The van der Waals surface area contributed by atoms with Crippen LogP contribution in [-0.2, 0) is 44.8 Å². The minimum absolute atomic E-state index is 0.00796. The maximum absolute atomic E-state index is 13.9. The Kier molecular flexibility index (Phi) is 17.8. The second kappa shape index (κ2) is 21.4. The number of amides is 6. The van der Waals surface area contributed by atoms with Gasteiger partial charge in [-0.25, -0.2) is 4.79 Å². The fourth-order valence-electron chi connectivity index (χ4n) is 6.26. The first kappa shape index (κ1) is 42.3. The summed E-state index contributed by atoms with van der Waals surface area (Å²) in [5.74, 6) is -5.38. The van der Waals surface area contributed by atoms with Gasteiger partial charge in [-0.05, 0) is 36.7 Å². The zero-order chi connectivity index (χ0) is 38.1. The van der Waals surface area contributed by atoms with Gasteiger partial charge in [0.1, 0.15) is 36.5 Å². The predicted molar refractivity (Wildman–Crippen MR) is 187 cm³/mol. The van der Waals surface area contributed by atoms with E-state index in [0.29, 0.717) is 11.8 Å². The fraction of sp³-hybridized carbons (Fsp3) is 0.611. The molecule has 0 aliphatic heterocycles. The predicted octanol–water partition coefficient (Wildman–Crippen LogP) is 0.971. The van der Waals surface area contributed by atoms with Gasteiger partial charge in [0.15, 0.2) is 0 Å². The summed E-state index contributed by atoms with van der Waals surface area (Å²) in [7, 11) is 1.40. The molecule has 282 valence electrons. The standard InChI is InChI=1S/C36H54N6O9/c1-22(2)19-28(33(47)41-29(36(50)51)20-24-11-7-5-8-12-24)40-32(46)26(17-18-43)39-34(48)30(21-25-13-9-6-10-14-25)42(4)35(49)27(38-23(3)44)15-16-31(37)45/h5,7-8,11-12,18,22,25-30H,6,9-10,13-17,19-21H2,1-4H3,(H2,37,45)(H,38,44)(H,39,48)(H,40,46)(H,41,47)(H,50,51)/t26?,27?,28-,29?,30-/m0/s1. The van der Waals surface area contributed by atoms with E-state index in [1.807, 2.05) is 13.8 Å². The number of carboxylic acid groups (broad SMARTS) is 1. The molecule has 0 radical (unpaired) electrons. The van der Waals surface area contributed by atoms with Crippen LogP contribution >= 0.6 is 0 Å². The van der Waals surface area contributed by atoms with E-state index < -0.39 is 78.0 Å². The molecule has 1 saturated carbocycles. The molecular formula is C36H54N6O9. The number of hydrogen-bond acceptors (Lipinski definition) is 8. The van der Waals surface area contributed by atoms with E-state index in [2.05, 4.69) is 21.3 Å². The van der Waals surface area contributed by atoms with Crippen molar-refractivity contribution in [2.45, 2.75) is 122 Å². The lowest BCUT2D eigenvalue weighted by Crippen LogP contribution is -2.59. The molecule has 0 saturated heterocycles. The zero-order valence-corrected chi connectivity index (χ0v) is 30.0. The third-order valence-electron chi connectivity index (χ3n) is 8.96. The van der Waals surface area contributed by atoms with Crippen LogP contribution < -0.4 is 27.0 Å². The van der Waals surface area contributed by atoms with Gasteiger partial charge in [0.25, 0.3) is 0 Å². The lowest BCUT2D eigenvalue weighted by atomic mass is 9.84.